The number of hydrogen-bond donors (Lipinski definition) is 1. The van der Waals surface area contributed by atoms with Crippen LogP contribution in [-0.2, 0) is 9.53 Å². The number of rotatable bonds is 7. The molecule has 0 aliphatic heterocycles. The molecule has 1 N–H and O–H groups in total. The summed E-state index contributed by atoms with van der Waals surface area (Å²) < 4.78 is 10.3. The van der Waals surface area contributed by atoms with Crippen LogP contribution >= 0.6 is 0 Å². The van der Waals surface area contributed by atoms with Crippen LogP contribution in [-0.4, -0.2) is 30.3 Å². The van der Waals surface area contributed by atoms with Gasteiger partial charge in [-0.25, -0.2) is 9.59 Å². The van der Waals surface area contributed by atoms with Crippen molar-refractivity contribution >= 4 is 11.9 Å². The van der Waals surface area contributed by atoms with Crippen molar-refractivity contribution in [3.05, 3.63) is 42.0 Å². The molecule has 19 heavy (non-hydrogen) atoms. The van der Waals surface area contributed by atoms with E-state index in [2.05, 4.69) is 0 Å². The summed E-state index contributed by atoms with van der Waals surface area (Å²) in [6, 6.07) is 6.14. The summed E-state index contributed by atoms with van der Waals surface area (Å²) in [5, 5.41) is 8.72. The molecule has 0 atom stereocenters. The molecule has 0 aliphatic rings. The van der Waals surface area contributed by atoms with E-state index in [4.69, 9.17) is 14.6 Å². The molecule has 1 rings (SSSR count). The highest BCUT2D eigenvalue weighted by Crippen LogP contribution is 2.12. The van der Waals surface area contributed by atoms with Gasteiger partial charge in [0.15, 0.2) is 0 Å². The average molecular weight is 264 g/mol. The number of benzene rings is 1. The lowest BCUT2D eigenvalue weighted by Gasteiger charge is -2.06. The molecule has 0 spiro atoms. The Morgan fingerprint density at radius 2 is 1.89 bits per heavy atom. The molecule has 1 aromatic rings. The monoisotopic (exact) mass is 264 g/mol. The Kier molecular flexibility index (Phi) is 6.15. The highest BCUT2D eigenvalue weighted by Gasteiger charge is 2.02. The first-order valence-electron chi connectivity index (χ1n) is 5.89. The molecule has 1 aromatic carbocycles. The molecule has 0 amide bonds. The molecule has 0 heterocycles. The zero-order chi connectivity index (χ0) is 14.1. The van der Waals surface area contributed by atoms with Crippen LogP contribution in [0.15, 0.2) is 36.4 Å². The molecule has 0 aromatic heterocycles. The second-order valence-corrected chi connectivity index (χ2v) is 3.70. The Balaban J connectivity index is 2.22. The molecule has 5 nitrogen and oxygen atoms in total. The molecule has 0 unspecified atom stereocenters. The highest BCUT2D eigenvalue weighted by atomic mass is 16.5. The number of carbonyl (C=O) groups is 2. The van der Waals surface area contributed by atoms with E-state index in [0.717, 1.165) is 0 Å². The number of aromatic carboxylic acids is 1. The van der Waals surface area contributed by atoms with Crippen molar-refractivity contribution in [1.82, 2.24) is 0 Å². The Labute approximate surface area is 111 Å². The van der Waals surface area contributed by atoms with Crippen LogP contribution in [0.4, 0.5) is 0 Å². The second-order valence-electron chi connectivity index (χ2n) is 3.70. The molecule has 5 heteroatoms. The lowest BCUT2D eigenvalue weighted by Crippen LogP contribution is -2.06. The number of ether oxygens (including phenoxy) is 2. The summed E-state index contributed by atoms with van der Waals surface area (Å²) in [5.74, 6) is -0.750. The fraction of sp³-hybridized carbons (Fsp3) is 0.286. The van der Waals surface area contributed by atoms with Crippen molar-refractivity contribution in [2.24, 2.45) is 0 Å². The van der Waals surface area contributed by atoms with Gasteiger partial charge < -0.3 is 14.6 Å². The Bertz CT molecular complexity index is 447. The van der Waals surface area contributed by atoms with Crippen molar-refractivity contribution in [3.8, 4) is 5.75 Å². The standard InChI is InChI=1S/C14H16O5/c1-2-4-13(15)19-10-3-9-18-12-7-5-11(6-8-12)14(16)17/h2,4-8H,3,9-10H2,1H3,(H,16,17). The number of carbonyl (C=O) groups excluding carboxylic acids is 1. The first kappa shape index (κ1) is 14.8. The quantitative estimate of drug-likeness (QED) is 0.464. The lowest BCUT2D eigenvalue weighted by molar-refractivity contribution is -0.137. The number of carboxylic acid groups (broad SMARTS) is 1. The van der Waals surface area contributed by atoms with E-state index >= 15 is 0 Å². The molecule has 0 bridgehead atoms. The van der Waals surface area contributed by atoms with Gasteiger partial charge in [-0.15, -0.1) is 0 Å². The second kappa shape index (κ2) is 7.92. The fourth-order valence-electron chi connectivity index (χ4n) is 1.30. The summed E-state index contributed by atoms with van der Waals surface area (Å²) in [6.45, 7) is 2.43. The van der Waals surface area contributed by atoms with E-state index in [9.17, 15) is 9.59 Å². The van der Waals surface area contributed by atoms with Crippen LogP contribution < -0.4 is 4.74 Å². The van der Waals surface area contributed by atoms with Crippen molar-refractivity contribution in [2.75, 3.05) is 13.2 Å². The van der Waals surface area contributed by atoms with Crippen LogP contribution in [0.3, 0.4) is 0 Å². The number of hydrogen-bond acceptors (Lipinski definition) is 4. The van der Waals surface area contributed by atoms with Gasteiger partial charge in [-0.05, 0) is 31.2 Å². The van der Waals surface area contributed by atoms with Gasteiger partial charge in [0.05, 0.1) is 18.8 Å². The zero-order valence-corrected chi connectivity index (χ0v) is 10.7. The van der Waals surface area contributed by atoms with Gasteiger partial charge >= 0.3 is 11.9 Å². The summed E-state index contributed by atoms with van der Waals surface area (Å²) >= 11 is 0. The topological polar surface area (TPSA) is 72.8 Å². The molecule has 0 radical (unpaired) electrons. The van der Waals surface area contributed by atoms with Crippen LogP contribution in [0.2, 0.25) is 0 Å². The normalized spacial score (nSPS) is 10.4. The number of esters is 1. The minimum absolute atomic E-state index is 0.215. The van der Waals surface area contributed by atoms with Gasteiger partial charge in [0.2, 0.25) is 0 Å². The smallest absolute Gasteiger partial charge is 0.335 e. The molecule has 0 saturated heterocycles. The zero-order valence-electron chi connectivity index (χ0n) is 10.7. The molecule has 0 fully saturated rings. The van der Waals surface area contributed by atoms with Crippen molar-refractivity contribution < 1.29 is 24.2 Å². The molecule has 0 aliphatic carbocycles. The van der Waals surface area contributed by atoms with Gasteiger partial charge in [-0.2, -0.15) is 0 Å². The first-order chi connectivity index (χ1) is 9.13. The van der Waals surface area contributed by atoms with Gasteiger partial charge in [0.1, 0.15) is 5.75 Å². The van der Waals surface area contributed by atoms with E-state index in [0.29, 0.717) is 18.8 Å². The summed E-state index contributed by atoms with van der Waals surface area (Å²) in [5.41, 5.74) is 0.215. The average Bonchev–Trinajstić information content (AvgIpc) is 2.39. The predicted molar refractivity (Wildman–Crippen MR) is 69.3 cm³/mol. The lowest BCUT2D eigenvalue weighted by atomic mass is 10.2. The van der Waals surface area contributed by atoms with Crippen LogP contribution in [0.5, 0.6) is 5.75 Å². The van der Waals surface area contributed by atoms with E-state index in [-0.39, 0.29) is 18.1 Å². The third-order valence-corrected chi connectivity index (χ3v) is 2.21. The maximum Gasteiger partial charge on any atom is 0.335 e. The molecule has 0 saturated carbocycles. The third kappa shape index (κ3) is 5.72. The largest absolute Gasteiger partial charge is 0.493 e. The Hall–Kier alpha value is -2.30. The summed E-state index contributed by atoms with van der Waals surface area (Å²) in [7, 11) is 0. The molecular formula is C14H16O5. The summed E-state index contributed by atoms with van der Waals surface area (Å²) in [6.07, 6.45) is 3.54. The third-order valence-electron chi connectivity index (χ3n) is 2.21. The van der Waals surface area contributed by atoms with Crippen LogP contribution in [0, 0.1) is 0 Å². The van der Waals surface area contributed by atoms with E-state index < -0.39 is 5.97 Å². The van der Waals surface area contributed by atoms with Gasteiger partial charge in [0.25, 0.3) is 0 Å². The van der Waals surface area contributed by atoms with Crippen LogP contribution in [0.25, 0.3) is 0 Å². The highest BCUT2D eigenvalue weighted by molar-refractivity contribution is 5.87. The van der Waals surface area contributed by atoms with Crippen molar-refractivity contribution in [2.45, 2.75) is 13.3 Å². The van der Waals surface area contributed by atoms with E-state index in [1.165, 1.54) is 18.2 Å². The van der Waals surface area contributed by atoms with Crippen molar-refractivity contribution in [1.29, 1.82) is 0 Å². The maximum atomic E-state index is 11.0. The van der Waals surface area contributed by atoms with Gasteiger partial charge in [0, 0.05) is 12.5 Å². The van der Waals surface area contributed by atoms with Gasteiger partial charge in [-0.1, -0.05) is 6.08 Å². The Morgan fingerprint density at radius 1 is 1.21 bits per heavy atom. The van der Waals surface area contributed by atoms with Gasteiger partial charge in [-0.3, -0.25) is 0 Å². The summed E-state index contributed by atoms with van der Waals surface area (Å²) in [4.78, 5) is 21.6. The minimum Gasteiger partial charge on any atom is -0.493 e. The number of allylic oxidation sites excluding steroid dienone is 1. The maximum absolute atomic E-state index is 11.0. The molecular weight excluding hydrogens is 248 g/mol. The van der Waals surface area contributed by atoms with E-state index in [1.807, 2.05) is 0 Å². The number of carboxylic acids is 1. The van der Waals surface area contributed by atoms with Crippen LogP contribution in [0.1, 0.15) is 23.7 Å². The Morgan fingerprint density at radius 3 is 2.47 bits per heavy atom. The molecule has 102 valence electrons. The SMILES string of the molecule is CC=CC(=O)OCCCOc1ccc(C(=O)O)cc1. The predicted octanol–water partition coefficient (Wildman–Crippen LogP) is 2.27. The van der Waals surface area contributed by atoms with Crippen molar-refractivity contribution in [3.63, 3.8) is 0 Å². The minimum atomic E-state index is -0.970. The first-order valence-corrected chi connectivity index (χ1v) is 5.89. The fourth-order valence-corrected chi connectivity index (χ4v) is 1.30. The van der Waals surface area contributed by atoms with E-state index in [1.54, 1.807) is 25.1 Å².